The molecule has 0 aliphatic heterocycles. The lowest BCUT2D eigenvalue weighted by atomic mass is 9.86. The summed E-state index contributed by atoms with van der Waals surface area (Å²) in [5.74, 6) is 1.26. The highest BCUT2D eigenvalue weighted by molar-refractivity contribution is 5.92. The summed E-state index contributed by atoms with van der Waals surface area (Å²) in [6, 6.07) is 15.1. The van der Waals surface area contributed by atoms with Crippen LogP contribution in [0.5, 0.6) is 5.75 Å². The number of carbonyl (C=O) groups is 1. The monoisotopic (exact) mass is 365 g/mol. The number of benzene rings is 2. The van der Waals surface area contributed by atoms with Crippen LogP contribution in [-0.4, -0.2) is 23.2 Å². The van der Waals surface area contributed by atoms with Gasteiger partial charge in [0.05, 0.1) is 7.11 Å². The number of nitrogens with one attached hydrogen (secondary N) is 1. The van der Waals surface area contributed by atoms with Gasteiger partial charge >= 0.3 is 0 Å². The largest absolute Gasteiger partial charge is 0.497 e. The molecular formula is C21H23N3O3. The second-order valence-corrected chi connectivity index (χ2v) is 7.26. The van der Waals surface area contributed by atoms with E-state index in [4.69, 9.17) is 9.26 Å². The fourth-order valence-electron chi connectivity index (χ4n) is 2.76. The van der Waals surface area contributed by atoms with Gasteiger partial charge in [0.25, 0.3) is 0 Å². The molecule has 0 saturated heterocycles. The van der Waals surface area contributed by atoms with Crippen LogP contribution in [0, 0.1) is 0 Å². The van der Waals surface area contributed by atoms with E-state index in [1.54, 1.807) is 7.11 Å². The number of nitrogens with zero attached hydrogens (tertiary/aromatic N) is 2. The maximum absolute atomic E-state index is 12.4. The van der Waals surface area contributed by atoms with Crippen LogP contribution in [0.2, 0.25) is 0 Å². The van der Waals surface area contributed by atoms with Gasteiger partial charge in [-0.1, -0.05) is 44.1 Å². The summed E-state index contributed by atoms with van der Waals surface area (Å²) in [6.45, 7) is 6.32. The molecule has 0 spiro atoms. The zero-order chi connectivity index (χ0) is 19.4. The van der Waals surface area contributed by atoms with Gasteiger partial charge in [0.15, 0.2) is 0 Å². The van der Waals surface area contributed by atoms with Crippen molar-refractivity contribution in [3.05, 3.63) is 60.0 Å². The Labute approximate surface area is 158 Å². The van der Waals surface area contributed by atoms with Gasteiger partial charge in [-0.3, -0.25) is 4.79 Å². The Morgan fingerprint density at radius 2 is 1.81 bits per heavy atom. The van der Waals surface area contributed by atoms with E-state index >= 15 is 0 Å². The van der Waals surface area contributed by atoms with Crippen molar-refractivity contribution in [3.8, 4) is 17.1 Å². The molecule has 0 aliphatic carbocycles. The number of para-hydroxylation sites is 1. The summed E-state index contributed by atoms with van der Waals surface area (Å²) in [5, 5.41) is 6.90. The van der Waals surface area contributed by atoms with E-state index in [-0.39, 0.29) is 23.6 Å². The lowest BCUT2D eigenvalue weighted by Crippen LogP contribution is -2.20. The third-order valence-electron chi connectivity index (χ3n) is 4.14. The van der Waals surface area contributed by atoms with E-state index in [1.807, 2.05) is 48.5 Å². The van der Waals surface area contributed by atoms with Crippen LogP contribution in [0.25, 0.3) is 11.4 Å². The molecule has 6 heteroatoms. The topological polar surface area (TPSA) is 77.2 Å². The first-order chi connectivity index (χ1) is 12.9. The van der Waals surface area contributed by atoms with Crippen LogP contribution in [0.1, 0.15) is 32.2 Å². The molecule has 3 rings (SSSR count). The molecule has 1 heterocycles. The molecule has 140 valence electrons. The van der Waals surface area contributed by atoms with E-state index in [1.165, 1.54) is 0 Å². The van der Waals surface area contributed by atoms with Gasteiger partial charge < -0.3 is 14.6 Å². The molecule has 1 N–H and O–H groups in total. The Morgan fingerprint density at radius 3 is 2.48 bits per heavy atom. The minimum atomic E-state index is -0.198. The Hall–Kier alpha value is -3.15. The number of carbonyl (C=O) groups excluding carboxylic acids is 1. The smallest absolute Gasteiger partial charge is 0.236 e. The van der Waals surface area contributed by atoms with E-state index in [9.17, 15) is 4.79 Å². The molecule has 3 aromatic rings. The molecule has 0 fully saturated rings. The number of amides is 1. The standard InChI is InChI=1S/C21H23N3O3/c1-21(2,3)16-7-5-6-8-17(16)22-18(25)13-19-23-20(24-27-19)14-9-11-15(26-4)12-10-14/h5-12H,13H2,1-4H3,(H,22,25). The third-order valence-corrected chi connectivity index (χ3v) is 4.14. The maximum Gasteiger partial charge on any atom is 0.236 e. The first-order valence-corrected chi connectivity index (χ1v) is 8.73. The Balaban J connectivity index is 1.70. The Kier molecular flexibility index (Phi) is 5.26. The average Bonchev–Trinajstić information content (AvgIpc) is 3.09. The molecule has 0 unspecified atom stereocenters. The number of hydrogen-bond donors (Lipinski definition) is 1. The minimum absolute atomic E-state index is 0.0155. The fourth-order valence-corrected chi connectivity index (χ4v) is 2.76. The van der Waals surface area contributed by atoms with Crippen molar-refractivity contribution >= 4 is 11.6 Å². The summed E-state index contributed by atoms with van der Waals surface area (Å²) in [7, 11) is 1.61. The molecule has 2 aromatic carbocycles. The first-order valence-electron chi connectivity index (χ1n) is 8.73. The summed E-state index contributed by atoms with van der Waals surface area (Å²) < 4.78 is 10.4. The molecule has 6 nitrogen and oxygen atoms in total. The summed E-state index contributed by atoms with van der Waals surface area (Å²) >= 11 is 0. The highest BCUT2D eigenvalue weighted by Gasteiger charge is 2.19. The van der Waals surface area contributed by atoms with Crippen LogP contribution in [-0.2, 0) is 16.6 Å². The molecular weight excluding hydrogens is 342 g/mol. The lowest BCUT2D eigenvalue weighted by molar-refractivity contribution is -0.115. The second-order valence-electron chi connectivity index (χ2n) is 7.26. The van der Waals surface area contributed by atoms with Crippen molar-refractivity contribution in [1.82, 2.24) is 10.1 Å². The van der Waals surface area contributed by atoms with E-state index < -0.39 is 0 Å². The number of methoxy groups -OCH3 is 1. The van der Waals surface area contributed by atoms with Crippen LogP contribution < -0.4 is 10.1 Å². The maximum atomic E-state index is 12.4. The van der Waals surface area contributed by atoms with Crippen molar-refractivity contribution in [2.75, 3.05) is 12.4 Å². The van der Waals surface area contributed by atoms with Gasteiger partial charge in [-0.15, -0.1) is 0 Å². The number of rotatable bonds is 5. The van der Waals surface area contributed by atoms with Gasteiger partial charge in [0.1, 0.15) is 12.2 Å². The predicted octanol–water partition coefficient (Wildman–Crippen LogP) is 4.22. The molecule has 0 atom stereocenters. The van der Waals surface area contributed by atoms with Gasteiger partial charge in [-0.25, -0.2) is 0 Å². The highest BCUT2D eigenvalue weighted by atomic mass is 16.5. The van der Waals surface area contributed by atoms with E-state index in [0.717, 1.165) is 22.6 Å². The van der Waals surface area contributed by atoms with Gasteiger partial charge in [-0.05, 0) is 41.3 Å². The quantitative estimate of drug-likeness (QED) is 0.732. The molecule has 27 heavy (non-hydrogen) atoms. The van der Waals surface area contributed by atoms with Crippen molar-refractivity contribution in [3.63, 3.8) is 0 Å². The summed E-state index contributed by atoms with van der Waals surface area (Å²) in [4.78, 5) is 16.7. The Morgan fingerprint density at radius 1 is 1.11 bits per heavy atom. The second kappa shape index (κ2) is 7.61. The number of hydrogen-bond acceptors (Lipinski definition) is 5. The Bertz CT molecular complexity index is 924. The fraction of sp³-hybridized carbons (Fsp3) is 0.286. The first kappa shape index (κ1) is 18.6. The summed E-state index contributed by atoms with van der Waals surface area (Å²) in [5.41, 5.74) is 2.59. The number of ether oxygens (including phenoxy) is 1. The average molecular weight is 365 g/mol. The van der Waals surface area contributed by atoms with Crippen LogP contribution in [0.4, 0.5) is 5.69 Å². The van der Waals surface area contributed by atoms with Crippen molar-refractivity contribution in [2.24, 2.45) is 0 Å². The van der Waals surface area contributed by atoms with Crippen molar-refractivity contribution < 1.29 is 14.1 Å². The van der Waals surface area contributed by atoms with Crippen molar-refractivity contribution in [2.45, 2.75) is 32.6 Å². The molecule has 1 aromatic heterocycles. The minimum Gasteiger partial charge on any atom is -0.497 e. The van der Waals surface area contributed by atoms with Gasteiger partial charge in [0.2, 0.25) is 17.6 Å². The van der Waals surface area contributed by atoms with Crippen LogP contribution in [0.3, 0.4) is 0 Å². The zero-order valence-electron chi connectivity index (χ0n) is 15.9. The van der Waals surface area contributed by atoms with E-state index in [0.29, 0.717) is 5.82 Å². The van der Waals surface area contributed by atoms with Gasteiger partial charge in [0, 0.05) is 11.3 Å². The third kappa shape index (κ3) is 4.53. The normalized spacial score (nSPS) is 11.3. The number of aromatic nitrogens is 2. The molecule has 0 aliphatic rings. The molecule has 0 radical (unpaired) electrons. The number of anilines is 1. The SMILES string of the molecule is COc1ccc(-c2noc(CC(=O)Nc3ccccc3C(C)(C)C)n2)cc1. The predicted molar refractivity (Wildman–Crippen MR) is 104 cm³/mol. The van der Waals surface area contributed by atoms with Gasteiger partial charge in [-0.2, -0.15) is 4.98 Å². The molecule has 1 amide bonds. The summed E-state index contributed by atoms with van der Waals surface area (Å²) in [6.07, 6.45) is 0.0155. The molecule has 0 bridgehead atoms. The van der Waals surface area contributed by atoms with E-state index in [2.05, 4.69) is 36.2 Å². The zero-order valence-corrected chi connectivity index (χ0v) is 15.9. The van der Waals surface area contributed by atoms with Crippen LogP contribution >= 0.6 is 0 Å². The highest BCUT2D eigenvalue weighted by Crippen LogP contribution is 2.29. The molecule has 0 saturated carbocycles. The van der Waals surface area contributed by atoms with Crippen LogP contribution in [0.15, 0.2) is 53.1 Å². The van der Waals surface area contributed by atoms with Crippen molar-refractivity contribution in [1.29, 1.82) is 0 Å². The lowest BCUT2D eigenvalue weighted by Gasteiger charge is -2.22.